The van der Waals surface area contributed by atoms with Gasteiger partial charge in [0.1, 0.15) is 0 Å². The molecular formula is C13H22ClN3O. The van der Waals surface area contributed by atoms with Crippen LogP contribution in [0.15, 0.2) is 17.2 Å². The molecule has 1 N–H and O–H groups in total. The van der Waals surface area contributed by atoms with E-state index >= 15 is 0 Å². The third kappa shape index (κ3) is 4.69. The van der Waals surface area contributed by atoms with Crippen LogP contribution >= 0.6 is 11.6 Å². The fourth-order valence-corrected chi connectivity index (χ4v) is 1.92. The highest BCUT2D eigenvalue weighted by atomic mass is 35.5. The van der Waals surface area contributed by atoms with Crippen molar-refractivity contribution in [3.8, 4) is 0 Å². The standard InChI is InChI=1S/C13H22ClN3O/c1-11(2)17-10-9-16-12(13(17)18)15-8-6-4-3-5-7-14/h9-11H,3-8H2,1-2H3,(H,15,16). The van der Waals surface area contributed by atoms with E-state index in [1.807, 2.05) is 13.8 Å². The molecule has 0 radical (unpaired) electrons. The minimum atomic E-state index is -0.0479. The van der Waals surface area contributed by atoms with Crippen LogP contribution in [0.4, 0.5) is 5.82 Å². The summed E-state index contributed by atoms with van der Waals surface area (Å²) < 4.78 is 1.68. The Morgan fingerprint density at radius 1 is 1.33 bits per heavy atom. The van der Waals surface area contributed by atoms with Crippen molar-refractivity contribution in [3.63, 3.8) is 0 Å². The van der Waals surface area contributed by atoms with Crippen LogP contribution < -0.4 is 10.9 Å². The van der Waals surface area contributed by atoms with Crippen molar-refractivity contribution in [3.05, 3.63) is 22.7 Å². The first-order chi connectivity index (χ1) is 8.66. The molecule has 0 spiro atoms. The van der Waals surface area contributed by atoms with Crippen molar-refractivity contribution in [2.45, 2.75) is 45.6 Å². The molecule has 5 heteroatoms. The molecule has 0 aromatic carbocycles. The number of halogens is 1. The molecule has 4 nitrogen and oxygen atoms in total. The Morgan fingerprint density at radius 3 is 2.72 bits per heavy atom. The van der Waals surface area contributed by atoms with E-state index in [4.69, 9.17) is 11.6 Å². The second kappa shape index (κ2) is 8.14. The van der Waals surface area contributed by atoms with Crippen molar-refractivity contribution >= 4 is 17.4 Å². The Kier molecular flexibility index (Phi) is 6.80. The molecule has 1 aromatic rings. The summed E-state index contributed by atoms with van der Waals surface area (Å²) in [6.07, 6.45) is 7.75. The van der Waals surface area contributed by atoms with Crippen LogP contribution in [0.3, 0.4) is 0 Å². The predicted molar refractivity (Wildman–Crippen MR) is 76.6 cm³/mol. The van der Waals surface area contributed by atoms with E-state index in [0.29, 0.717) is 5.82 Å². The smallest absolute Gasteiger partial charge is 0.293 e. The number of unbranched alkanes of at least 4 members (excludes halogenated alkanes) is 3. The second-order valence-electron chi connectivity index (χ2n) is 4.61. The van der Waals surface area contributed by atoms with Gasteiger partial charge in [-0.25, -0.2) is 4.98 Å². The third-order valence-electron chi connectivity index (χ3n) is 2.78. The minimum Gasteiger partial charge on any atom is -0.365 e. The fourth-order valence-electron chi connectivity index (χ4n) is 1.73. The molecule has 0 aliphatic rings. The van der Waals surface area contributed by atoms with Crippen molar-refractivity contribution in [1.29, 1.82) is 0 Å². The van der Waals surface area contributed by atoms with Gasteiger partial charge in [0, 0.05) is 30.9 Å². The van der Waals surface area contributed by atoms with E-state index in [0.717, 1.165) is 38.1 Å². The zero-order chi connectivity index (χ0) is 13.4. The van der Waals surface area contributed by atoms with Gasteiger partial charge in [-0.1, -0.05) is 12.8 Å². The van der Waals surface area contributed by atoms with Crippen LogP contribution in [0, 0.1) is 0 Å². The number of rotatable bonds is 8. The molecule has 0 aliphatic heterocycles. The van der Waals surface area contributed by atoms with Crippen molar-refractivity contribution in [1.82, 2.24) is 9.55 Å². The molecule has 0 amide bonds. The molecular weight excluding hydrogens is 250 g/mol. The average Bonchev–Trinajstić information content (AvgIpc) is 2.35. The lowest BCUT2D eigenvalue weighted by molar-refractivity contribution is 0.574. The number of hydrogen-bond donors (Lipinski definition) is 1. The maximum absolute atomic E-state index is 12.0. The van der Waals surface area contributed by atoms with Crippen LogP contribution in [-0.4, -0.2) is 22.0 Å². The van der Waals surface area contributed by atoms with Crippen LogP contribution in [0.1, 0.15) is 45.6 Å². The van der Waals surface area contributed by atoms with E-state index in [1.165, 1.54) is 0 Å². The number of anilines is 1. The van der Waals surface area contributed by atoms with E-state index in [-0.39, 0.29) is 11.6 Å². The molecule has 0 saturated heterocycles. The van der Waals surface area contributed by atoms with Crippen molar-refractivity contribution < 1.29 is 0 Å². The lowest BCUT2D eigenvalue weighted by Gasteiger charge is -2.11. The molecule has 0 bridgehead atoms. The summed E-state index contributed by atoms with van der Waals surface area (Å²) in [6, 6.07) is 0.157. The van der Waals surface area contributed by atoms with Gasteiger partial charge < -0.3 is 9.88 Å². The maximum Gasteiger partial charge on any atom is 0.293 e. The fraction of sp³-hybridized carbons (Fsp3) is 0.692. The summed E-state index contributed by atoms with van der Waals surface area (Å²) in [4.78, 5) is 16.1. The van der Waals surface area contributed by atoms with Crippen LogP contribution in [0.2, 0.25) is 0 Å². The molecule has 1 rings (SSSR count). The van der Waals surface area contributed by atoms with Gasteiger partial charge >= 0.3 is 0 Å². The normalized spacial score (nSPS) is 10.9. The monoisotopic (exact) mass is 271 g/mol. The Morgan fingerprint density at radius 2 is 2.06 bits per heavy atom. The Bertz CT molecular complexity index is 403. The first-order valence-electron chi connectivity index (χ1n) is 6.53. The largest absolute Gasteiger partial charge is 0.365 e. The van der Waals surface area contributed by atoms with Crippen molar-refractivity contribution in [2.75, 3.05) is 17.7 Å². The summed E-state index contributed by atoms with van der Waals surface area (Å²) in [5, 5.41) is 3.11. The summed E-state index contributed by atoms with van der Waals surface area (Å²) >= 11 is 5.61. The van der Waals surface area contributed by atoms with Gasteiger partial charge in [0.25, 0.3) is 5.56 Å². The molecule has 0 unspecified atom stereocenters. The van der Waals surface area contributed by atoms with Crippen LogP contribution in [-0.2, 0) is 0 Å². The second-order valence-corrected chi connectivity index (χ2v) is 4.99. The Labute approximate surface area is 113 Å². The van der Waals surface area contributed by atoms with Gasteiger partial charge in [0.05, 0.1) is 0 Å². The van der Waals surface area contributed by atoms with Crippen LogP contribution in [0.5, 0.6) is 0 Å². The first-order valence-corrected chi connectivity index (χ1v) is 7.07. The van der Waals surface area contributed by atoms with E-state index in [2.05, 4.69) is 10.3 Å². The maximum atomic E-state index is 12.0. The average molecular weight is 272 g/mol. The number of aromatic nitrogens is 2. The van der Waals surface area contributed by atoms with Gasteiger partial charge in [0.15, 0.2) is 5.82 Å². The molecule has 1 heterocycles. The summed E-state index contributed by atoms with van der Waals surface area (Å²) in [5.41, 5.74) is -0.0479. The highest BCUT2D eigenvalue weighted by Gasteiger charge is 2.05. The lowest BCUT2D eigenvalue weighted by atomic mass is 10.2. The summed E-state index contributed by atoms with van der Waals surface area (Å²) in [7, 11) is 0. The molecule has 1 aromatic heterocycles. The number of nitrogens with one attached hydrogen (secondary N) is 1. The third-order valence-corrected chi connectivity index (χ3v) is 3.04. The summed E-state index contributed by atoms with van der Waals surface area (Å²) in [5.74, 6) is 1.18. The van der Waals surface area contributed by atoms with Crippen LogP contribution in [0.25, 0.3) is 0 Å². The Hall–Kier alpha value is -1.03. The lowest BCUT2D eigenvalue weighted by Crippen LogP contribution is -2.25. The molecule has 18 heavy (non-hydrogen) atoms. The number of nitrogens with zero attached hydrogens (tertiary/aromatic N) is 2. The van der Waals surface area contributed by atoms with Gasteiger partial charge in [-0.15, -0.1) is 11.6 Å². The topological polar surface area (TPSA) is 46.9 Å². The van der Waals surface area contributed by atoms with Gasteiger partial charge in [0.2, 0.25) is 0 Å². The number of hydrogen-bond acceptors (Lipinski definition) is 3. The highest BCUT2D eigenvalue weighted by Crippen LogP contribution is 2.03. The molecule has 0 fully saturated rings. The first kappa shape index (κ1) is 15.0. The molecule has 0 saturated carbocycles. The summed E-state index contributed by atoms with van der Waals surface area (Å²) in [6.45, 7) is 4.75. The highest BCUT2D eigenvalue weighted by molar-refractivity contribution is 6.17. The Balaban J connectivity index is 2.43. The van der Waals surface area contributed by atoms with E-state index < -0.39 is 0 Å². The molecule has 102 valence electrons. The molecule has 0 atom stereocenters. The zero-order valence-electron chi connectivity index (χ0n) is 11.2. The van der Waals surface area contributed by atoms with Crippen molar-refractivity contribution in [2.24, 2.45) is 0 Å². The van der Waals surface area contributed by atoms with E-state index in [1.54, 1.807) is 17.0 Å². The molecule has 0 aliphatic carbocycles. The quantitative estimate of drug-likeness (QED) is 0.584. The van der Waals surface area contributed by atoms with Gasteiger partial charge in [-0.05, 0) is 26.7 Å². The van der Waals surface area contributed by atoms with Gasteiger partial charge in [-0.2, -0.15) is 0 Å². The SMILES string of the molecule is CC(C)n1ccnc(NCCCCCCCl)c1=O. The minimum absolute atomic E-state index is 0.0479. The number of alkyl halides is 1. The zero-order valence-corrected chi connectivity index (χ0v) is 11.9. The predicted octanol–water partition coefficient (Wildman–Crippen LogP) is 3.04. The van der Waals surface area contributed by atoms with E-state index in [9.17, 15) is 4.79 Å². The van der Waals surface area contributed by atoms with Gasteiger partial charge in [-0.3, -0.25) is 4.79 Å².